The lowest BCUT2D eigenvalue weighted by molar-refractivity contribution is -0.173. The Labute approximate surface area is 165 Å². The molecule has 1 aliphatic heterocycles. The highest BCUT2D eigenvalue weighted by Crippen LogP contribution is 2.62. The minimum Gasteiger partial charge on any atom is -0.390 e. The molecule has 27 heavy (non-hydrogen) atoms. The summed E-state index contributed by atoms with van der Waals surface area (Å²) >= 11 is 0. The molecule has 0 spiro atoms. The fraction of sp³-hybridized carbons (Fsp3) is 0.957. The summed E-state index contributed by atoms with van der Waals surface area (Å²) in [5.41, 5.74) is -0.156. The number of piperidine rings is 1. The van der Waals surface area contributed by atoms with Crippen molar-refractivity contribution in [3.8, 4) is 0 Å². The fourth-order valence-electron chi connectivity index (χ4n) is 8.18. The molecular weight excluding hydrogens is 336 g/mol. The maximum absolute atomic E-state index is 12.9. The summed E-state index contributed by atoms with van der Waals surface area (Å²) in [4.78, 5) is 12.9. The molecule has 154 valence electrons. The number of carbonyl (C=O) groups excluding carboxylic acids is 1. The van der Waals surface area contributed by atoms with E-state index in [-0.39, 0.29) is 28.4 Å². The molecule has 3 unspecified atom stereocenters. The zero-order valence-corrected chi connectivity index (χ0v) is 18.0. The smallest absolute Gasteiger partial charge is 0.220 e. The first kappa shape index (κ1) is 19.7. The summed E-state index contributed by atoms with van der Waals surface area (Å²) in [6.45, 7) is 11.2. The van der Waals surface area contributed by atoms with Crippen LogP contribution in [0.1, 0.15) is 92.4 Å². The van der Waals surface area contributed by atoms with E-state index in [1.807, 2.05) is 0 Å². The van der Waals surface area contributed by atoms with Gasteiger partial charge in [0.2, 0.25) is 5.91 Å². The molecule has 0 aromatic heterocycles. The van der Waals surface area contributed by atoms with Crippen LogP contribution in [0.2, 0.25) is 0 Å². The van der Waals surface area contributed by atoms with Gasteiger partial charge in [-0.25, -0.2) is 0 Å². The number of amides is 1. The Hall–Kier alpha value is -0.610. The van der Waals surface area contributed by atoms with Crippen LogP contribution in [0.15, 0.2) is 0 Å². The normalized spacial score (nSPS) is 43.5. The van der Waals surface area contributed by atoms with Crippen molar-refractivity contribution < 1.29 is 9.90 Å². The summed E-state index contributed by atoms with van der Waals surface area (Å²) in [5.74, 6) is 1.98. The van der Waals surface area contributed by atoms with Crippen LogP contribution < -0.4 is 10.6 Å². The van der Waals surface area contributed by atoms with Crippen molar-refractivity contribution in [1.82, 2.24) is 10.6 Å². The Kier molecular flexibility index (Phi) is 4.52. The van der Waals surface area contributed by atoms with Crippen LogP contribution in [0.5, 0.6) is 0 Å². The Morgan fingerprint density at radius 3 is 2.11 bits per heavy atom. The van der Waals surface area contributed by atoms with Gasteiger partial charge in [-0.05, 0) is 109 Å². The van der Waals surface area contributed by atoms with Gasteiger partial charge in [0.25, 0.3) is 0 Å². The van der Waals surface area contributed by atoms with E-state index in [9.17, 15) is 9.90 Å². The SMILES string of the molecule is CC(NC(=O)CC1CC(C)(C)NC(C)(C)C1)C12CC3CC(CC(O)(C3)C1)C2. The summed E-state index contributed by atoms with van der Waals surface area (Å²) in [6.07, 6.45) is 9.29. The first-order chi connectivity index (χ1) is 12.4. The number of carbonyl (C=O) groups is 1. The van der Waals surface area contributed by atoms with Gasteiger partial charge in [0, 0.05) is 23.5 Å². The predicted octanol–water partition coefficient (Wildman–Crippen LogP) is 3.77. The van der Waals surface area contributed by atoms with Crippen molar-refractivity contribution in [3.05, 3.63) is 0 Å². The van der Waals surface area contributed by atoms with Crippen LogP contribution in [-0.2, 0) is 4.79 Å². The molecule has 0 aromatic rings. The van der Waals surface area contributed by atoms with Crippen LogP contribution in [0.4, 0.5) is 0 Å². The van der Waals surface area contributed by atoms with Crippen molar-refractivity contribution in [2.45, 2.75) is 115 Å². The minimum atomic E-state index is -0.452. The Balaban J connectivity index is 1.39. The first-order valence-electron chi connectivity index (χ1n) is 11.2. The topological polar surface area (TPSA) is 61.4 Å². The molecule has 1 heterocycles. The van der Waals surface area contributed by atoms with E-state index in [2.05, 4.69) is 45.3 Å². The standard InChI is InChI=1S/C23H40N2O2/c1-15(22-10-16-6-17(11-22)13-23(27,12-16)14-22)24-19(26)7-18-8-20(2,3)25-21(4,5)9-18/h15-18,25,27H,6-14H2,1-5H3,(H,24,26). The number of nitrogens with one attached hydrogen (secondary N) is 2. The minimum absolute atomic E-state index is 0.0848. The number of hydrogen-bond donors (Lipinski definition) is 3. The monoisotopic (exact) mass is 376 g/mol. The lowest BCUT2D eigenvalue weighted by Gasteiger charge is -2.62. The summed E-state index contributed by atoms with van der Waals surface area (Å²) in [5, 5.41) is 18.1. The lowest BCUT2D eigenvalue weighted by atomic mass is 9.46. The van der Waals surface area contributed by atoms with E-state index < -0.39 is 5.60 Å². The quantitative estimate of drug-likeness (QED) is 0.700. The van der Waals surface area contributed by atoms with Gasteiger partial charge in [-0.1, -0.05) is 0 Å². The van der Waals surface area contributed by atoms with Crippen molar-refractivity contribution >= 4 is 5.91 Å². The maximum Gasteiger partial charge on any atom is 0.220 e. The predicted molar refractivity (Wildman–Crippen MR) is 108 cm³/mol. The highest BCUT2D eigenvalue weighted by Gasteiger charge is 2.59. The molecule has 5 rings (SSSR count). The zero-order chi connectivity index (χ0) is 19.7. The summed E-state index contributed by atoms with van der Waals surface area (Å²) < 4.78 is 0. The molecule has 4 heteroatoms. The molecule has 1 saturated heterocycles. The second-order valence-corrected chi connectivity index (χ2v) is 12.2. The average Bonchev–Trinajstić information content (AvgIpc) is 2.40. The summed E-state index contributed by atoms with van der Waals surface area (Å²) in [7, 11) is 0. The van der Waals surface area contributed by atoms with E-state index >= 15 is 0 Å². The molecule has 0 radical (unpaired) electrons. The molecule has 3 atom stereocenters. The number of hydrogen-bond acceptors (Lipinski definition) is 3. The number of aliphatic hydroxyl groups is 1. The molecule has 4 bridgehead atoms. The van der Waals surface area contributed by atoms with Crippen molar-refractivity contribution in [1.29, 1.82) is 0 Å². The molecule has 0 aromatic carbocycles. The van der Waals surface area contributed by atoms with Gasteiger partial charge in [0.05, 0.1) is 5.60 Å². The zero-order valence-electron chi connectivity index (χ0n) is 18.0. The van der Waals surface area contributed by atoms with Crippen LogP contribution in [-0.4, -0.2) is 33.7 Å². The van der Waals surface area contributed by atoms with Gasteiger partial charge in [0.15, 0.2) is 0 Å². The molecule has 4 saturated carbocycles. The van der Waals surface area contributed by atoms with E-state index in [0.29, 0.717) is 24.2 Å². The Bertz CT molecular complexity index is 581. The summed E-state index contributed by atoms with van der Waals surface area (Å²) in [6, 6.07) is 0.171. The third kappa shape index (κ3) is 3.94. The number of rotatable bonds is 4. The van der Waals surface area contributed by atoms with Gasteiger partial charge >= 0.3 is 0 Å². The highest BCUT2D eigenvalue weighted by molar-refractivity contribution is 5.76. The van der Waals surface area contributed by atoms with Crippen molar-refractivity contribution in [2.24, 2.45) is 23.2 Å². The van der Waals surface area contributed by atoms with E-state index in [4.69, 9.17) is 0 Å². The third-order valence-electron chi connectivity index (χ3n) is 8.12. The van der Waals surface area contributed by atoms with Crippen molar-refractivity contribution in [3.63, 3.8) is 0 Å². The van der Waals surface area contributed by atoms with Crippen LogP contribution in [0.25, 0.3) is 0 Å². The fourth-order valence-corrected chi connectivity index (χ4v) is 8.18. The van der Waals surface area contributed by atoms with Crippen molar-refractivity contribution in [2.75, 3.05) is 0 Å². The van der Waals surface area contributed by atoms with Crippen LogP contribution in [0, 0.1) is 23.2 Å². The van der Waals surface area contributed by atoms with Gasteiger partial charge in [-0.2, -0.15) is 0 Å². The Morgan fingerprint density at radius 2 is 1.59 bits per heavy atom. The molecule has 4 aliphatic carbocycles. The molecule has 3 N–H and O–H groups in total. The lowest BCUT2D eigenvalue weighted by Crippen LogP contribution is -2.62. The van der Waals surface area contributed by atoms with Gasteiger partial charge < -0.3 is 15.7 Å². The highest BCUT2D eigenvalue weighted by atomic mass is 16.3. The van der Waals surface area contributed by atoms with Gasteiger partial charge in [-0.3, -0.25) is 4.79 Å². The largest absolute Gasteiger partial charge is 0.390 e. The van der Waals surface area contributed by atoms with Crippen LogP contribution in [0.3, 0.4) is 0 Å². The third-order valence-corrected chi connectivity index (χ3v) is 8.12. The molecular formula is C23H40N2O2. The molecule has 5 aliphatic rings. The maximum atomic E-state index is 12.9. The second-order valence-electron chi connectivity index (χ2n) is 12.2. The Morgan fingerprint density at radius 1 is 1.04 bits per heavy atom. The molecule has 5 fully saturated rings. The van der Waals surface area contributed by atoms with E-state index in [1.54, 1.807) is 0 Å². The first-order valence-corrected chi connectivity index (χ1v) is 11.2. The van der Waals surface area contributed by atoms with Crippen LogP contribution >= 0.6 is 0 Å². The molecule has 4 nitrogen and oxygen atoms in total. The van der Waals surface area contributed by atoms with Gasteiger partial charge in [0.1, 0.15) is 0 Å². The van der Waals surface area contributed by atoms with E-state index in [0.717, 1.165) is 32.1 Å². The second kappa shape index (κ2) is 6.19. The molecule has 1 amide bonds. The average molecular weight is 377 g/mol. The van der Waals surface area contributed by atoms with Gasteiger partial charge in [-0.15, -0.1) is 0 Å². The van der Waals surface area contributed by atoms with E-state index in [1.165, 1.54) is 19.3 Å².